The predicted octanol–water partition coefficient (Wildman–Crippen LogP) is 2.63. The maximum absolute atomic E-state index is 14.0. The molecule has 9 atom stereocenters. The van der Waals surface area contributed by atoms with Gasteiger partial charge in [-0.1, -0.05) is 11.6 Å². The minimum atomic E-state index is -0.438. The molecule has 0 aromatic carbocycles. The monoisotopic (exact) mass is 516 g/mol. The van der Waals surface area contributed by atoms with Crippen molar-refractivity contribution in [3.05, 3.63) is 11.6 Å². The van der Waals surface area contributed by atoms with Gasteiger partial charge in [0.05, 0.1) is 41.3 Å². The SMILES string of the molecule is CO[C@@H]1[C@H](NC(=O)C23CCC4(C(=O)NCCCO)CC42CC3)CC[C@]2(CO2)[C@H]1[C@@]1(C)O[C@@H]1CC=C(C)C. The number of hydrogen-bond donors (Lipinski definition) is 3. The van der Waals surface area contributed by atoms with Crippen LogP contribution < -0.4 is 10.6 Å². The Kier molecular flexibility index (Phi) is 5.93. The number of carbonyl (C=O) groups is 2. The fourth-order valence-electron chi connectivity index (χ4n) is 9.03. The Labute approximate surface area is 220 Å². The van der Waals surface area contributed by atoms with Crippen molar-refractivity contribution in [3.63, 3.8) is 0 Å². The number of rotatable bonds is 10. The maximum Gasteiger partial charge on any atom is 0.227 e. The number of amides is 2. The Morgan fingerprint density at radius 2 is 1.84 bits per heavy atom. The van der Waals surface area contributed by atoms with Crippen LogP contribution >= 0.6 is 0 Å². The summed E-state index contributed by atoms with van der Waals surface area (Å²) in [6.45, 7) is 7.69. The summed E-state index contributed by atoms with van der Waals surface area (Å²) in [5.41, 5.74) is -0.270. The molecule has 2 heterocycles. The van der Waals surface area contributed by atoms with E-state index >= 15 is 0 Å². The first-order chi connectivity index (χ1) is 17.6. The largest absolute Gasteiger partial charge is 0.396 e. The Hall–Kier alpha value is -1.48. The molecule has 0 bridgehead atoms. The van der Waals surface area contributed by atoms with Gasteiger partial charge in [-0.25, -0.2) is 0 Å². The van der Waals surface area contributed by atoms with E-state index < -0.39 is 10.8 Å². The number of methoxy groups -OCH3 is 1. The quantitative estimate of drug-likeness (QED) is 0.234. The first-order valence-corrected chi connectivity index (χ1v) is 14.3. The summed E-state index contributed by atoms with van der Waals surface area (Å²) in [6.07, 6.45) is 9.53. The lowest BCUT2D eigenvalue weighted by atomic mass is 9.56. The van der Waals surface area contributed by atoms with E-state index in [-0.39, 0.29) is 59.2 Å². The van der Waals surface area contributed by atoms with Crippen LogP contribution in [0.25, 0.3) is 0 Å². The van der Waals surface area contributed by atoms with E-state index in [0.29, 0.717) is 13.0 Å². The lowest BCUT2D eigenvalue weighted by Gasteiger charge is -2.49. The van der Waals surface area contributed by atoms with Crippen molar-refractivity contribution in [3.8, 4) is 0 Å². The van der Waals surface area contributed by atoms with Gasteiger partial charge in [0.1, 0.15) is 5.60 Å². The van der Waals surface area contributed by atoms with Crippen molar-refractivity contribution >= 4 is 11.8 Å². The van der Waals surface area contributed by atoms with Crippen LogP contribution in [0.4, 0.5) is 0 Å². The van der Waals surface area contributed by atoms with Gasteiger partial charge in [0, 0.05) is 31.6 Å². The number of allylic oxidation sites excluding steroid dienone is 1. The molecule has 6 fully saturated rings. The van der Waals surface area contributed by atoms with E-state index in [1.54, 1.807) is 7.11 Å². The summed E-state index contributed by atoms with van der Waals surface area (Å²) in [5, 5.41) is 15.6. The van der Waals surface area contributed by atoms with E-state index in [4.69, 9.17) is 19.3 Å². The Morgan fingerprint density at radius 1 is 1.11 bits per heavy atom. The van der Waals surface area contributed by atoms with Crippen LogP contribution in [0.15, 0.2) is 11.6 Å². The van der Waals surface area contributed by atoms with Crippen LogP contribution in [0.1, 0.15) is 78.6 Å². The second-order valence-electron chi connectivity index (χ2n) is 13.2. The molecule has 2 spiro atoms. The molecule has 8 nitrogen and oxygen atoms in total. The summed E-state index contributed by atoms with van der Waals surface area (Å²) in [7, 11) is 1.75. The van der Waals surface area contributed by atoms with Gasteiger partial charge in [0.25, 0.3) is 0 Å². The summed E-state index contributed by atoms with van der Waals surface area (Å²) >= 11 is 0. The third kappa shape index (κ3) is 3.47. The lowest BCUT2D eigenvalue weighted by Crippen LogP contribution is -2.62. The number of hydrogen-bond acceptors (Lipinski definition) is 6. The second-order valence-corrected chi connectivity index (χ2v) is 13.2. The van der Waals surface area contributed by atoms with Gasteiger partial charge in [0.15, 0.2) is 0 Å². The molecule has 3 N–H and O–H groups in total. The summed E-state index contributed by atoms with van der Waals surface area (Å²) in [5.74, 6) is 0.257. The van der Waals surface area contributed by atoms with Gasteiger partial charge in [-0.15, -0.1) is 0 Å². The number of carbonyl (C=O) groups excluding carboxylic acids is 2. The third-order valence-electron chi connectivity index (χ3n) is 11.4. The van der Waals surface area contributed by atoms with Crippen LogP contribution in [0.5, 0.6) is 0 Å². The molecule has 2 saturated heterocycles. The van der Waals surface area contributed by atoms with E-state index in [0.717, 1.165) is 58.0 Å². The van der Waals surface area contributed by atoms with Gasteiger partial charge >= 0.3 is 0 Å². The molecule has 0 radical (unpaired) electrons. The lowest BCUT2D eigenvalue weighted by molar-refractivity contribution is -0.149. The molecule has 37 heavy (non-hydrogen) atoms. The van der Waals surface area contributed by atoms with Gasteiger partial charge in [0.2, 0.25) is 11.8 Å². The molecule has 4 saturated carbocycles. The first kappa shape index (κ1) is 25.8. The smallest absolute Gasteiger partial charge is 0.227 e. The van der Waals surface area contributed by atoms with Crippen molar-refractivity contribution in [1.29, 1.82) is 0 Å². The summed E-state index contributed by atoms with van der Waals surface area (Å²) in [4.78, 5) is 27.1. The molecule has 0 aromatic rings. The second kappa shape index (κ2) is 8.51. The van der Waals surface area contributed by atoms with Gasteiger partial charge in [-0.3, -0.25) is 9.59 Å². The Balaban J connectivity index is 1.16. The Morgan fingerprint density at radius 3 is 2.46 bits per heavy atom. The normalized spacial score (nSPS) is 48.4. The Bertz CT molecular complexity index is 1000. The van der Waals surface area contributed by atoms with Crippen LogP contribution in [0.2, 0.25) is 0 Å². The van der Waals surface area contributed by atoms with Crippen molar-refractivity contribution in [2.24, 2.45) is 22.2 Å². The predicted molar refractivity (Wildman–Crippen MR) is 137 cm³/mol. The summed E-state index contributed by atoms with van der Waals surface area (Å²) in [6, 6.07) is -0.0957. The van der Waals surface area contributed by atoms with Crippen molar-refractivity contribution in [1.82, 2.24) is 10.6 Å². The molecule has 206 valence electrons. The highest BCUT2D eigenvalue weighted by atomic mass is 16.6. The average molecular weight is 517 g/mol. The zero-order valence-corrected chi connectivity index (χ0v) is 22.9. The number of epoxide rings is 2. The van der Waals surface area contributed by atoms with Crippen molar-refractivity contribution < 1.29 is 28.9 Å². The zero-order valence-electron chi connectivity index (χ0n) is 22.9. The number of nitrogens with one attached hydrogen (secondary N) is 2. The van der Waals surface area contributed by atoms with Crippen LogP contribution in [0.3, 0.4) is 0 Å². The zero-order chi connectivity index (χ0) is 26.3. The number of aliphatic hydroxyl groups excluding tert-OH is 1. The van der Waals surface area contributed by atoms with Crippen LogP contribution in [-0.4, -0.2) is 73.2 Å². The van der Waals surface area contributed by atoms with Gasteiger partial charge in [-0.2, -0.15) is 0 Å². The van der Waals surface area contributed by atoms with E-state index in [9.17, 15) is 9.59 Å². The van der Waals surface area contributed by atoms with E-state index in [2.05, 4.69) is 37.5 Å². The highest BCUT2D eigenvalue weighted by Gasteiger charge is 2.88. The topological polar surface area (TPSA) is 113 Å². The molecule has 8 heteroatoms. The van der Waals surface area contributed by atoms with E-state index in [1.807, 2.05) is 0 Å². The van der Waals surface area contributed by atoms with Crippen molar-refractivity contribution in [2.45, 2.75) is 108 Å². The molecule has 4 aliphatic carbocycles. The molecule has 2 aliphatic heterocycles. The number of ether oxygens (including phenoxy) is 3. The molecule has 6 aliphatic rings. The van der Waals surface area contributed by atoms with Crippen molar-refractivity contribution in [2.75, 3.05) is 26.9 Å². The highest BCUT2D eigenvalue weighted by molar-refractivity contribution is 5.95. The molecular formula is C29H44N2O6. The molecule has 2 amide bonds. The van der Waals surface area contributed by atoms with E-state index in [1.165, 1.54) is 5.57 Å². The fraction of sp³-hybridized carbons (Fsp3) is 0.862. The fourth-order valence-corrected chi connectivity index (χ4v) is 9.03. The molecule has 3 unspecified atom stereocenters. The highest BCUT2D eigenvalue weighted by Crippen LogP contribution is 2.88. The summed E-state index contributed by atoms with van der Waals surface area (Å²) < 4.78 is 18.6. The van der Waals surface area contributed by atoms with Gasteiger partial charge in [-0.05, 0) is 78.6 Å². The molecule has 6 rings (SSSR count). The maximum atomic E-state index is 14.0. The minimum Gasteiger partial charge on any atom is -0.396 e. The van der Waals surface area contributed by atoms with Gasteiger partial charge < -0.3 is 30.0 Å². The average Bonchev–Trinajstić information content (AvgIpc) is 3.79. The van der Waals surface area contributed by atoms with Crippen LogP contribution in [0, 0.1) is 22.2 Å². The first-order valence-electron chi connectivity index (χ1n) is 14.3. The standard InChI is InChI=1S/C29H44N2O6/c1-18(2)6-7-20-25(3,37-20)22-21(35-4)19(8-9-28(22)17-36-28)31-24(34)26-10-11-27(16-29(26,27)13-12-26)23(33)30-14-5-15-32/h6,19-22,32H,5,7-17H2,1-4H3,(H,30,33)(H,31,34)/t19-,20-,21-,22-,25+,26?,27?,28+,29?/m1/s1. The third-order valence-corrected chi connectivity index (χ3v) is 11.4. The molecular weight excluding hydrogens is 472 g/mol. The molecule has 0 aromatic heterocycles. The minimum absolute atomic E-state index is 0.0633. The van der Waals surface area contributed by atoms with Crippen LogP contribution in [-0.2, 0) is 23.8 Å². The number of aliphatic hydroxyl groups is 1.